The van der Waals surface area contributed by atoms with E-state index in [9.17, 15) is 9.90 Å². The SMILES string of the molecule is COC(=O)[C@@H](N)[C@H](O)c1ccc(O)cc1. The molecule has 15 heavy (non-hydrogen) atoms. The van der Waals surface area contributed by atoms with Crippen molar-refractivity contribution in [3.8, 4) is 5.75 Å². The van der Waals surface area contributed by atoms with Crippen LogP contribution >= 0.6 is 0 Å². The number of hydrogen-bond donors (Lipinski definition) is 3. The molecule has 4 N–H and O–H groups in total. The predicted molar refractivity (Wildman–Crippen MR) is 53.1 cm³/mol. The van der Waals surface area contributed by atoms with Crippen LogP contribution in [0.1, 0.15) is 11.7 Å². The van der Waals surface area contributed by atoms with Crippen LogP contribution in [0, 0.1) is 0 Å². The zero-order chi connectivity index (χ0) is 11.4. The summed E-state index contributed by atoms with van der Waals surface area (Å²) >= 11 is 0. The van der Waals surface area contributed by atoms with Crippen molar-refractivity contribution in [3.63, 3.8) is 0 Å². The van der Waals surface area contributed by atoms with Crippen LogP contribution in [-0.4, -0.2) is 29.3 Å². The van der Waals surface area contributed by atoms with Gasteiger partial charge in [0.25, 0.3) is 0 Å². The third-order valence-electron chi connectivity index (χ3n) is 2.05. The maximum atomic E-state index is 11.0. The second-order valence-electron chi connectivity index (χ2n) is 3.09. The van der Waals surface area contributed by atoms with E-state index in [1.54, 1.807) is 0 Å². The fraction of sp³-hybridized carbons (Fsp3) is 0.300. The lowest BCUT2D eigenvalue weighted by Crippen LogP contribution is -2.37. The van der Waals surface area contributed by atoms with Crippen molar-refractivity contribution in [3.05, 3.63) is 29.8 Å². The second-order valence-corrected chi connectivity index (χ2v) is 3.09. The summed E-state index contributed by atoms with van der Waals surface area (Å²) in [5, 5.41) is 18.7. The van der Waals surface area contributed by atoms with Gasteiger partial charge in [0.2, 0.25) is 0 Å². The molecule has 0 saturated heterocycles. The second kappa shape index (κ2) is 4.77. The highest BCUT2D eigenvalue weighted by atomic mass is 16.5. The number of aromatic hydroxyl groups is 1. The molecule has 0 amide bonds. The topological polar surface area (TPSA) is 92.8 Å². The molecule has 0 radical (unpaired) electrons. The molecule has 0 spiro atoms. The Kier molecular flexibility index (Phi) is 3.65. The molecular weight excluding hydrogens is 198 g/mol. The van der Waals surface area contributed by atoms with Gasteiger partial charge < -0.3 is 20.7 Å². The Labute approximate surface area is 87.1 Å². The third-order valence-corrected chi connectivity index (χ3v) is 2.05. The molecule has 5 nitrogen and oxygen atoms in total. The average molecular weight is 211 g/mol. The van der Waals surface area contributed by atoms with E-state index >= 15 is 0 Å². The van der Waals surface area contributed by atoms with Crippen molar-refractivity contribution in [1.29, 1.82) is 0 Å². The quantitative estimate of drug-likeness (QED) is 0.608. The standard InChI is InChI=1S/C10H13NO4/c1-15-10(14)8(11)9(13)6-2-4-7(12)5-3-6/h2-5,8-9,12-13H,11H2,1H3/t8-,9+/m0/s1. The van der Waals surface area contributed by atoms with Gasteiger partial charge in [-0.25, -0.2) is 0 Å². The molecule has 0 fully saturated rings. The van der Waals surface area contributed by atoms with E-state index in [0.29, 0.717) is 5.56 Å². The minimum atomic E-state index is -1.14. The summed E-state index contributed by atoms with van der Waals surface area (Å²) in [6.07, 6.45) is -1.14. The van der Waals surface area contributed by atoms with Crippen LogP contribution in [0.5, 0.6) is 5.75 Å². The lowest BCUT2D eigenvalue weighted by atomic mass is 10.0. The molecule has 1 aromatic rings. The summed E-state index contributed by atoms with van der Waals surface area (Å²) in [6.45, 7) is 0. The molecule has 82 valence electrons. The van der Waals surface area contributed by atoms with Crippen molar-refractivity contribution >= 4 is 5.97 Å². The largest absolute Gasteiger partial charge is 0.508 e. The fourth-order valence-corrected chi connectivity index (χ4v) is 1.14. The Bertz CT molecular complexity index is 336. The van der Waals surface area contributed by atoms with Gasteiger partial charge in [-0.15, -0.1) is 0 Å². The zero-order valence-corrected chi connectivity index (χ0v) is 8.25. The first-order valence-corrected chi connectivity index (χ1v) is 4.36. The summed E-state index contributed by atoms with van der Waals surface area (Å²) in [6, 6.07) is 4.66. The molecule has 0 aliphatic heterocycles. The Balaban J connectivity index is 2.80. The number of phenolic OH excluding ortho intramolecular Hbond substituents is 1. The summed E-state index contributed by atoms with van der Waals surface area (Å²) < 4.78 is 4.41. The van der Waals surface area contributed by atoms with Crippen molar-refractivity contribution in [1.82, 2.24) is 0 Å². The molecule has 1 rings (SSSR count). The van der Waals surface area contributed by atoms with Gasteiger partial charge in [0.1, 0.15) is 17.9 Å². The lowest BCUT2D eigenvalue weighted by molar-refractivity contribution is -0.145. The number of nitrogens with two attached hydrogens (primary N) is 1. The maximum absolute atomic E-state index is 11.0. The fourth-order valence-electron chi connectivity index (χ4n) is 1.14. The van der Waals surface area contributed by atoms with E-state index in [0.717, 1.165) is 0 Å². The summed E-state index contributed by atoms with van der Waals surface area (Å²) in [4.78, 5) is 11.0. The maximum Gasteiger partial charge on any atom is 0.325 e. The first kappa shape index (κ1) is 11.5. The molecule has 0 aromatic heterocycles. The van der Waals surface area contributed by atoms with E-state index in [1.807, 2.05) is 0 Å². The first-order chi connectivity index (χ1) is 7.06. The molecule has 0 aliphatic rings. The zero-order valence-electron chi connectivity index (χ0n) is 8.25. The van der Waals surface area contributed by atoms with E-state index < -0.39 is 18.1 Å². The number of benzene rings is 1. The summed E-state index contributed by atoms with van der Waals surface area (Å²) in [5.41, 5.74) is 5.90. The van der Waals surface area contributed by atoms with Gasteiger partial charge in [-0.05, 0) is 17.7 Å². The molecule has 2 atom stereocenters. The monoisotopic (exact) mass is 211 g/mol. The highest BCUT2D eigenvalue weighted by molar-refractivity contribution is 5.76. The smallest absolute Gasteiger partial charge is 0.325 e. The van der Waals surface area contributed by atoms with Crippen LogP contribution in [0.2, 0.25) is 0 Å². The number of rotatable bonds is 3. The molecule has 0 saturated carbocycles. The van der Waals surface area contributed by atoms with Gasteiger partial charge in [-0.2, -0.15) is 0 Å². The number of methoxy groups -OCH3 is 1. The number of aliphatic hydroxyl groups excluding tert-OH is 1. The molecular formula is C10H13NO4. The number of carbonyl (C=O) groups excluding carboxylic acids is 1. The van der Waals surface area contributed by atoms with Crippen LogP contribution in [0.4, 0.5) is 0 Å². The highest BCUT2D eigenvalue weighted by Gasteiger charge is 2.24. The number of esters is 1. The van der Waals surface area contributed by atoms with E-state index in [2.05, 4.69) is 4.74 Å². The lowest BCUT2D eigenvalue weighted by Gasteiger charge is -2.16. The first-order valence-electron chi connectivity index (χ1n) is 4.36. The van der Waals surface area contributed by atoms with Crippen LogP contribution in [0.3, 0.4) is 0 Å². The van der Waals surface area contributed by atoms with Gasteiger partial charge in [-0.3, -0.25) is 4.79 Å². The van der Waals surface area contributed by atoms with Crippen LogP contribution in [-0.2, 0) is 9.53 Å². The number of phenols is 1. The Morgan fingerprint density at radius 3 is 2.40 bits per heavy atom. The normalized spacial score (nSPS) is 14.3. The Morgan fingerprint density at radius 2 is 1.93 bits per heavy atom. The summed E-state index contributed by atoms with van der Waals surface area (Å²) in [7, 11) is 1.20. The molecule has 0 aliphatic carbocycles. The van der Waals surface area contributed by atoms with Crippen molar-refractivity contribution in [2.45, 2.75) is 12.1 Å². The van der Waals surface area contributed by atoms with Gasteiger partial charge in [0.05, 0.1) is 7.11 Å². The minimum Gasteiger partial charge on any atom is -0.508 e. The van der Waals surface area contributed by atoms with Crippen LogP contribution in [0.15, 0.2) is 24.3 Å². The van der Waals surface area contributed by atoms with Crippen molar-refractivity contribution in [2.24, 2.45) is 5.73 Å². The molecule has 1 aromatic carbocycles. The number of carbonyl (C=O) groups is 1. The van der Waals surface area contributed by atoms with Crippen molar-refractivity contribution < 1.29 is 19.7 Å². The predicted octanol–water partition coefficient (Wildman–Crippen LogP) is -0.0741. The average Bonchev–Trinajstić information content (AvgIpc) is 2.27. The molecule has 5 heteroatoms. The third kappa shape index (κ3) is 2.68. The van der Waals surface area contributed by atoms with E-state index in [1.165, 1.54) is 31.4 Å². The van der Waals surface area contributed by atoms with Gasteiger partial charge in [-0.1, -0.05) is 12.1 Å². The van der Waals surface area contributed by atoms with Crippen molar-refractivity contribution in [2.75, 3.05) is 7.11 Å². The van der Waals surface area contributed by atoms with Crippen LogP contribution in [0.25, 0.3) is 0 Å². The molecule has 0 heterocycles. The summed E-state index contributed by atoms with van der Waals surface area (Å²) in [5.74, 6) is -0.604. The molecule has 0 unspecified atom stereocenters. The van der Waals surface area contributed by atoms with Crippen LogP contribution < -0.4 is 5.73 Å². The van der Waals surface area contributed by atoms with Gasteiger partial charge in [0.15, 0.2) is 0 Å². The molecule has 0 bridgehead atoms. The minimum absolute atomic E-state index is 0.0811. The highest BCUT2D eigenvalue weighted by Crippen LogP contribution is 2.19. The van der Waals surface area contributed by atoms with Gasteiger partial charge >= 0.3 is 5.97 Å². The van der Waals surface area contributed by atoms with Gasteiger partial charge in [0, 0.05) is 0 Å². The number of aliphatic hydroxyl groups is 1. The Morgan fingerprint density at radius 1 is 1.40 bits per heavy atom. The van der Waals surface area contributed by atoms with E-state index in [4.69, 9.17) is 10.8 Å². The number of hydrogen-bond acceptors (Lipinski definition) is 5. The number of ether oxygens (including phenoxy) is 1. The Hall–Kier alpha value is -1.59. The van der Waals surface area contributed by atoms with E-state index in [-0.39, 0.29) is 5.75 Å².